The predicted octanol–water partition coefficient (Wildman–Crippen LogP) is 4.61. The molecule has 1 aromatic carbocycles. The van der Waals surface area contributed by atoms with Gasteiger partial charge in [-0.2, -0.15) is 13.2 Å². The fraction of sp³-hybridized carbons (Fsp3) is 0.316. The highest BCUT2D eigenvalue weighted by Crippen LogP contribution is 2.36. The first-order valence-electron chi connectivity index (χ1n) is 8.47. The predicted molar refractivity (Wildman–Crippen MR) is 92.9 cm³/mol. The van der Waals surface area contributed by atoms with Crippen LogP contribution in [0.2, 0.25) is 0 Å². The lowest BCUT2D eigenvalue weighted by Crippen LogP contribution is -2.34. The normalized spacial score (nSPS) is 17.3. The van der Waals surface area contributed by atoms with Crippen molar-refractivity contribution in [1.29, 1.82) is 0 Å². The number of aryl methyl sites for hydroxylation is 1. The molecule has 0 amide bonds. The molecule has 0 radical (unpaired) electrons. The minimum Gasteiger partial charge on any atom is -0.351 e. The SMILES string of the molecule is Cc1nc(N2Cc3cc(C(F)(F)F)cnc3C(C)C2)c2cc(F)ccc2n1. The van der Waals surface area contributed by atoms with Gasteiger partial charge in [0.05, 0.1) is 11.1 Å². The zero-order chi connectivity index (χ0) is 19.3. The minimum absolute atomic E-state index is 0.0880. The van der Waals surface area contributed by atoms with E-state index in [1.807, 2.05) is 11.8 Å². The second kappa shape index (κ2) is 6.14. The maximum absolute atomic E-state index is 13.8. The Kier molecular flexibility index (Phi) is 4.01. The summed E-state index contributed by atoms with van der Waals surface area (Å²) in [5.41, 5.74) is 0.981. The summed E-state index contributed by atoms with van der Waals surface area (Å²) >= 11 is 0. The van der Waals surface area contributed by atoms with Crippen LogP contribution in [0.1, 0.15) is 35.5 Å². The number of pyridine rings is 1. The lowest BCUT2D eigenvalue weighted by Gasteiger charge is -2.34. The van der Waals surface area contributed by atoms with Crippen molar-refractivity contribution in [2.45, 2.75) is 32.5 Å². The molecule has 1 aliphatic rings. The zero-order valence-corrected chi connectivity index (χ0v) is 14.7. The standard InChI is InChI=1S/C19H16F4N4/c1-10-8-27(9-12-5-13(19(21,22)23)7-24-17(10)12)18-15-6-14(20)3-4-16(15)25-11(2)26-18/h3-7,10H,8-9H2,1-2H3. The van der Waals surface area contributed by atoms with E-state index in [9.17, 15) is 17.6 Å². The van der Waals surface area contributed by atoms with Gasteiger partial charge in [0.1, 0.15) is 17.5 Å². The maximum Gasteiger partial charge on any atom is 0.417 e. The van der Waals surface area contributed by atoms with Gasteiger partial charge in [-0.05, 0) is 36.8 Å². The van der Waals surface area contributed by atoms with Gasteiger partial charge in [0.25, 0.3) is 0 Å². The summed E-state index contributed by atoms with van der Waals surface area (Å²) in [6, 6.07) is 5.40. The van der Waals surface area contributed by atoms with Crippen LogP contribution >= 0.6 is 0 Å². The zero-order valence-electron chi connectivity index (χ0n) is 14.7. The number of halogens is 4. The molecule has 4 rings (SSSR count). The molecule has 1 atom stereocenters. The van der Waals surface area contributed by atoms with Gasteiger partial charge in [0.15, 0.2) is 0 Å². The molecule has 4 nitrogen and oxygen atoms in total. The van der Waals surface area contributed by atoms with Crippen LogP contribution in [0, 0.1) is 12.7 Å². The summed E-state index contributed by atoms with van der Waals surface area (Å²) in [5.74, 6) is 0.536. The average molecular weight is 376 g/mol. The Morgan fingerprint density at radius 1 is 1.15 bits per heavy atom. The van der Waals surface area contributed by atoms with Crippen molar-refractivity contribution in [2.75, 3.05) is 11.4 Å². The third-order valence-electron chi connectivity index (χ3n) is 4.70. The van der Waals surface area contributed by atoms with Crippen molar-refractivity contribution < 1.29 is 17.6 Å². The number of fused-ring (bicyclic) bond motifs is 2. The Labute approximate surface area is 152 Å². The summed E-state index contributed by atoms with van der Waals surface area (Å²) in [6.07, 6.45) is -3.57. The van der Waals surface area contributed by atoms with E-state index in [4.69, 9.17) is 0 Å². The highest BCUT2D eigenvalue weighted by molar-refractivity contribution is 5.89. The van der Waals surface area contributed by atoms with Crippen LogP contribution in [0.5, 0.6) is 0 Å². The largest absolute Gasteiger partial charge is 0.417 e. The monoisotopic (exact) mass is 376 g/mol. The van der Waals surface area contributed by atoms with E-state index >= 15 is 0 Å². The Morgan fingerprint density at radius 2 is 1.93 bits per heavy atom. The molecule has 0 saturated carbocycles. The molecule has 0 spiro atoms. The van der Waals surface area contributed by atoms with Crippen molar-refractivity contribution in [1.82, 2.24) is 15.0 Å². The van der Waals surface area contributed by atoms with E-state index in [1.54, 1.807) is 13.0 Å². The van der Waals surface area contributed by atoms with E-state index in [2.05, 4.69) is 15.0 Å². The molecule has 1 aliphatic heterocycles. The minimum atomic E-state index is -4.45. The number of benzene rings is 1. The summed E-state index contributed by atoms with van der Waals surface area (Å²) < 4.78 is 53.0. The second-order valence-corrected chi connectivity index (χ2v) is 6.80. The van der Waals surface area contributed by atoms with Crippen LogP contribution in [-0.2, 0) is 12.7 Å². The first-order valence-corrected chi connectivity index (χ1v) is 8.47. The lowest BCUT2D eigenvalue weighted by molar-refractivity contribution is -0.137. The molecule has 0 saturated heterocycles. The van der Waals surface area contributed by atoms with Gasteiger partial charge in [-0.3, -0.25) is 4.98 Å². The Morgan fingerprint density at radius 3 is 2.67 bits per heavy atom. The van der Waals surface area contributed by atoms with Gasteiger partial charge in [0.2, 0.25) is 0 Å². The van der Waals surface area contributed by atoms with Crippen LogP contribution in [0.25, 0.3) is 10.9 Å². The van der Waals surface area contributed by atoms with Gasteiger partial charge in [0, 0.05) is 36.3 Å². The van der Waals surface area contributed by atoms with Crippen molar-refractivity contribution in [3.8, 4) is 0 Å². The fourth-order valence-electron chi connectivity index (χ4n) is 3.53. The molecule has 8 heteroatoms. The average Bonchev–Trinajstić information content (AvgIpc) is 2.60. The van der Waals surface area contributed by atoms with E-state index in [0.29, 0.717) is 40.3 Å². The van der Waals surface area contributed by atoms with Gasteiger partial charge in [-0.25, -0.2) is 14.4 Å². The van der Waals surface area contributed by atoms with Crippen LogP contribution in [0.3, 0.4) is 0 Å². The molecule has 27 heavy (non-hydrogen) atoms. The summed E-state index contributed by atoms with van der Waals surface area (Å²) in [5, 5.41) is 0.538. The molecular weight excluding hydrogens is 360 g/mol. The Bertz CT molecular complexity index is 1030. The number of alkyl halides is 3. The third kappa shape index (κ3) is 3.20. The molecule has 140 valence electrons. The molecule has 0 N–H and O–H groups in total. The van der Waals surface area contributed by atoms with Crippen molar-refractivity contribution in [3.05, 3.63) is 58.9 Å². The highest BCUT2D eigenvalue weighted by Gasteiger charge is 2.34. The first kappa shape index (κ1) is 17.6. The molecule has 1 unspecified atom stereocenters. The number of nitrogens with zero attached hydrogens (tertiary/aromatic N) is 4. The molecule has 0 fully saturated rings. The lowest BCUT2D eigenvalue weighted by atomic mass is 9.95. The van der Waals surface area contributed by atoms with E-state index in [0.717, 1.165) is 12.3 Å². The summed E-state index contributed by atoms with van der Waals surface area (Å²) in [4.78, 5) is 14.7. The molecule has 0 bridgehead atoms. The molecule has 0 aliphatic carbocycles. The van der Waals surface area contributed by atoms with E-state index in [-0.39, 0.29) is 12.5 Å². The van der Waals surface area contributed by atoms with E-state index in [1.165, 1.54) is 12.1 Å². The topological polar surface area (TPSA) is 41.9 Å². The smallest absolute Gasteiger partial charge is 0.351 e. The van der Waals surface area contributed by atoms with Gasteiger partial charge in [-0.15, -0.1) is 0 Å². The van der Waals surface area contributed by atoms with Gasteiger partial charge < -0.3 is 4.90 Å². The van der Waals surface area contributed by atoms with Crippen LogP contribution in [0.4, 0.5) is 23.4 Å². The van der Waals surface area contributed by atoms with Crippen LogP contribution in [-0.4, -0.2) is 21.5 Å². The number of anilines is 1. The number of rotatable bonds is 1. The van der Waals surface area contributed by atoms with Crippen LogP contribution < -0.4 is 4.90 Å². The summed E-state index contributed by atoms with van der Waals surface area (Å²) in [6.45, 7) is 4.38. The summed E-state index contributed by atoms with van der Waals surface area (Å²) in [7, 11) is 0. The van der Waals surface area contributed by atoms with Crippen LogP contribution in [0.15, 0.2) is 30.5 Å². The Hall–Kier alpha value is -2.77. The third-order valence-corrected chi connectivity index (χ3v) is 4.70. The number of aromatic nitrogens is 3. The maximum atomic E-state index is 13.8. The van der Waals surface area contributed by atoms with E-state index < -0.39 is 17.6 Å². The Balaban J connectivity index is 1.82. The highest BCUT2D eigenvalue weighted by atomic mass is 19.4. The molecule has 3 heterocycles. The molecular formula is C19H16F4N4. The number of hydrogen-bond donors (Lipinski definition) is 0. The molecule has 3 aromatic rings. The fourth-order valence-corrected chi connectivity index (χ4v) is 3.53. The van der Waals surface area contributed by atoms with Crippen molar-refractivity contribution in [2.24, 2.45) is 0 Å². The molecule has 2 aromatic heterocycles. The first-order chi connectivity index (χ1) is 12.7. The van der Waals surface area contributed by atoms with Crippen molar-refractivity contribution in [3.63, 3.8) is 0 Å². The van der Waals surface area contributed by atoms with Gasteiger partial charge in [-0.1, -0.05) is 6.92 Å². The number of hydrogen-bond acceptors (Lipinski definition) is 4. The van der Waals surface area contributed by atoms with Crippen molar-refractivity contribution >= 4 is 16.7 Å². The second-order valence-electron chi connectivity index (χ2n) is 6.80. The van der Waals surface area contributed by atoms with Gasteiger partial charge >= 0.3 is 6.18 Å². The quantitative estimate of drug-likeness (QED) is 0.582.